The largest absolute Gasteiger partial charge is 0.465 e. The summed E-state index contributed by atoms with van der Waals surface area (Å²) in [5, 5.41) is 0. The Morgan fingerprint density at radius 1 is 1.26 bits per heavy atom. The summed E-state index contributed by atoms with van der Waals surface area (Å²) in [7, 11) is -3.24. The average molecular weight is 285 g/mol. The molecule has 0 spiro atoms. The molecule has 1 aromatic rings. The number of sulfonamides is 1. The van der Waals surface area contributed by atoms with Crippen molar-refractivity contribution >= 4 is 21.7 Å². The van der Waals surface area contributed by atoms with E-state index >= 15 is 0 Å². The van der Waals surface area contributed by atoms with Crippen molar-refractivity contribution in [2.24, 2.45) is 0 Å². The first kappa shape index (κ1) is 15.5. The van der Waals surface area contributed by atoms with Crippen LogP contribution in [-0.4, -0.2) is 27.2 Å². The molecule has 0 saturated carbocycles. The number of nitrogens with one attached hydrogen (secondary N) is 1. The van der Waals surface area contributed by atoms with E-state index in [-0.39, 0.29) is 5.97 Å². The van der Waals surface area contributed by atoms with Gasteiger partial charge in [-0.25, -0.2) is 8.42 Å². The van der Waals surface area contributed by atoms with E-state index in [9.17, 15) is 13.2 Å². The quantitative estimate of drug-likeness (QED) is 0.777. The summed E-state index contributed by atoms with van der Waals surface area (Å²) in [5.41, 5.74) is 1.51. The van der Waals surface area contributed by atoms with Gasteiger partial charge in [0.15, 0.2) is 0 Å². The van der Waals surface area contributed by atoms with Gasteiger partial charge in [0.2, 0.25) is 10.0 Å². The molecular formula is C13H19NO4S. The van der Waals surface area contributed by atoms with Crippen molar-refractivity contribution in [1.82, 2.24) is 0 Å². The normalized spacial score (nSPS) is 11.1. The first-order valence-corrected chi connectivity index (χ1v) is 8.02. The molecule has 0 radical (unpaired) electrons. The van der Waals surface area contributed by atoms with Crippen LogP contribution in [0.3, 0.4) is 0 Å². The highest BCUT2D eigenvalue weighted by atomic mass is 32.2. The highest BCUT2D eigenvalue weighted by Crippen LogP contribution is 2.11. The van der Waals surface area contributed by atoms with Gasteiger partial charge in [-0.2, -0.15) is 0 Å². The molecule has 19 heavy (non-hydrogen) atoms. The van der Waals surface area contributed by atoms with E-state index in [1.165, 1.54) is 0 Å². The van der Waals surface area contributed by atoms with Gasteiger partial charge >= 0.3 is 5.97 Å². The molecule has 1 rings (SSSR count). The van der Waals surface area contributed by atoms with Gasteiger partial charge in [-0.1, -0.05) is 19.1 Å². The molecule has 1 N–H and O–H groups in total. The highest BCUT2D eigenvalue weighted by Gasteiger charge is 2.03. The van der Waals surface area contributed by atoms with Crippen LogP contribution in [0, 0.1) is 0 Å². The number of ether oxygens (including phenoxy) is 1. The Labute approximate surface area is 114 Å². The Bertz CT molecular complexity index is 508. The van der Waals surface area contributed by atoms with Crippen LogP contribution in [0.2, 0.25) is 0 Å². The average Bonchev–Trinajstić information content (AvgIpc) is 2.30. The van der Waals surface area contributed by atoms with Crippen molar-refractivity contribution in [3.8, 4) is 0 Å². The van der Waals surface area contributed by atoms with E-state index in [4.69, 9.17) is 4.74 Å². The lowest BCUT2D eigenvalue weighted by Crippen LogP contribution is -2.09. The van der Waals surface area contributed by atoms with E-state index in [0.717, 1.165) is 18.2 Å². The molecule has 0 saturated heterocycles. The second-order valence-corrected chi connectivity index (χ2v) is 6.04. The van der Waals surface area contributed by atoms with Gasteiger partial charge in [-0.15, -0.1) is 0 Å². The van der Waals surface area contributed by atoms with Crippen LogP contribution in [-0.2, 0) is 26.0 Å². The first-order valence-electron chi connectivity index (χ1n) is 6.13. The molecule has 0 bridgehead atoms. The van der Waals surface area contributed by atoms with Gasteiger partial charge in [0.1, 0.15) is 0 Å². The fourth-order valence-electron chi connectivity index (χ4n) is 1.51. The summed E-state index contributed by atoms with van der Waals surface area (Å²) in [6.45, 7) is 2.27. The van der Waals surface area contributed by atoms with Crippen LogP contribution in [0.25, 0.3) is 0 Å². The summed E-state index contributed by atoms with van der Waals surface area (Å²) in [6, 6.07) is 6.98. The Kier molecular flexibility index (Phi) is 5.82. The number of hydrogen-bond donors (Lipinski definition) is 1. The number of carbonyl (C=O) groups is 1. The Balaban J connectivity index is 2.42. The molecule has 0 fully saturated rings. The third kappa shape index (κ3) is 6.81. The summed E-state index contributed by atoms with van der Waals surface area (Å²) < 4.78 is 29.5. The SMILES string of the molecule is CCCC(=O)OCCc1ccc(NS(C)(=O)=O)cc1. The topological polar surface area (TPSA) is 72.5 Å². The van der Waals surface area contributed by atoms with Crippen LogP contribution in [0.1, 0.15) is 25.3 Å². The van der Waals surface area contributed by atoms with E-state index in [0.29, 0.717) is 25.1 Å². The molecule has 6 heteroatoms. The molecule has 0 amide bonds. The maximum Gasteiger partial charge on any atom is 0.305 e. The number of esters is 1. The van der Waals surface area contributed by atoms with E-state index in [2.05, 4.69) is 4.72 Å². The second-order valence-electron chi connectivity index (χ2n) is 4.29. The van der Waals surface area contributed by atoms with Crippen molar-refractivity contribution in [2.75, 3.05) is 17.6 Å². The maximum atomic E-state index is 11.1. The minimum Gasteiger partial charge on any atom is -0.465 e. The Morgan fingerprint density at radius 3 is 2.42 bits per heavy atom. The second kappa shape index (κ2) is 7.13. The third-order valence-corrected chi connectivity index (χ3v) is 2.97. The number of hydrogen-bond acceptors (Lipinski definition) is 4. The molecule has 0 unspecified atom stereocenters. The molecule has 0 aliphatic carbocycles. The minimum absolute atomic E-state index is 0.183. The van der Waals surface area contributed by atoms with Crippen molar-refractivity contribution in [2.45, 2.75) is 26.2 Å². The van der Waals surface area contributed by atoms with Crippen LogP contribution in [0.15, 0.2) is 24.3 Å². The van der Waals surface area contributed by atoms with E-state index in [1.807, 2.05) is 6.92 Å². The lowest BCUT2D eigenvalue weighted by molar-refractivity contribution is -0.143. The van der Waals surface area contributed by atoms with Crippen molar-refractivity contribution in [3.05, 3.63) is 29.8 Å². The Hall–Kier alpha value is -1.56. The minimum atomic E-state index is -3.24. The van der Waals surface area contributed by atoms with E-state index in [1.54, 1.807) is 24.3 Å². The first-order chi connectivity index (χ1) is 8.90. The fourth-order valence-corrected chi connectivity index (χ4v) is 2.08. The molecule has 0 aliphatic heterocycles. The third-order valence-electron chi connectivity index (χ3n) is 2.37. The Morgan fingerprint density at radius 2 is 1.89 bits per heavy atom. The monoisotopic (exact) mass is 285 g/mol. The fraction of sp³-hybridized carbons (Fsp3) is 0.462. The number of anilines is 1. The summed E-state index contributed by atoms with van der Waals surface area (Å²) in [4.78, 5) is 11.1. The maximum absolute atomic E-state index is 11.1. The molecule has 0 aromatic heterocycles. The van der Waals surface area contributed by atoms with Crippen molar-refractivity contribution in [1.29, 1.82) is 0 Å². The molecule has 0 heterocycles. The zero-order chi connectivity index (χ0) is 14.3. The van der Waals surface area contributed by atoms with Crippen LogP contribution >= 0.6 is 0 Å². The lowest BCUT2D eigenvalue weighted by atomic mass is 10.1. The van der Waals surface area contributed by atoms with Crippen LogP contribution in [0.4, 0.5) is 5.69 Å². The molecule has 5 nitrogen and oxygen atoms in total. The summed E-state index contributed by atoms with van der Waals surface area (Å²) in [6.07, 6.45) is 2.95. The predicted octanol–water partition coefficient (Wildman–Crippen LogP) is 1.94. The summed E-state index contributed by atoms with van der Waals surface area (Å²) in [5.74, 6) is -0.183. The van der Waals surface area contributed by atoms with Gasteiger partial charge in [-0.3, -0.25) is 9.52 Å². The number of carbonyl (C=O) groups excluding carboxylic acids is 1. The van der Waals surface area contributed by atoms with Crippen molar-refractivity contribution in [3.63, 3.8) is 0 Å². The van der Waals surface area contributed by atoms with Crippen LogP contribution < -0.4 is 4.72 Å². The number of benzene rings is 1. The molecule has 0 atom stereocenters. The molecule has 0 aliphatic rings. The zero-order valence-electron chi connectivity index (χ0n) is 11.2. The zero-order valence-corrected chi connectivity index (χ0v) is 12.0. The van der Waals surface area contributed by atoms with E-state index < -0.39 is 10.0 Å². The standard InChI is InChI=1S/C13H19NO4S/c1-3-4-13(15)18-10-9-11-5-7-12(8-6-11)14-19(2,16)17/h5-8,14H,3-4,9-10H2,1-2H3. The molecule has 106 valence electrons. The number of rotatable bonds is 7. The van der Waals surface area contributed by atoms with Gasteiger partial charge in [0.05, 0.1) is 12.9 Å². The van der Waals surface area contributed by atoms with Crippen LogP contribution in [0.5, 0.6) is 0 Å². The highest BCUT2D eigenvalue weighted by molar-refractivity contribution is 7.92. The van der Waals surface area contributed by atoms with Gasteiger partial charge in [-0.05, 0) is 24.1 Å². The van der Waals surface area contributed by atoms with Crippen molar-refractivity contribution < 1.29 is 17.9 Å². The molecule has 1 aromatic carbocycles. The smallest absolute Gasteiger partial charge is 0.305 e. The summed E-state index contributed by atoms with van der Waals surface area (Å²) >= 11 is 0. The van der Waals surface area contributed by atoms with Gasteiger partial charge in [0.25, 0.3) is 0 Å². The predicted molar refractivity (Wildman–Crippen MR) is 74.5 cm³/mol. The molecular weight excluding hydrogens is 266 g/mol. The van der Waals surface area contributed by atoms with Gasteiger partial charge in [0, 0.05) is 18.5 Å². The van der Waals surface area contributed by atoms with Gasteiger partial charge < -0.3 is 4.74 Å². The lowest BCUT2D eigenvalue weighted by Gasteiger charge is -2.06.